The Kier molecular flexibility index (Phi) is 6.39. The summed E-state index contributed by atoms with van der Waals surface area (Å²) >= 11 is 0. The molecule has 2 aliphatic rings. The van der Waals surface area contributed by atoms with Gasteiger partial charge in [0.1, 0.15) is 11.6 Å². The molecule has 1 atom stereocenters. The highest BCUT2D eigenvalue weighted by atomic mass is 32.2. The lowest BCUT2D eigenvalue weighted by Crippen LogP contribution is -2.40. The van der Waals surface area contributed by atoms with Crippen molar-refractivity contribution in [1.82, 2.24) is 14.3 Å². The first kappa shape index (κ1) is 21.9. The Bertz CT molecular complexity index is 1060. The number of amides is 1. The van der Waals surface area contributed by atoms with E-state index in [2.05, 4.69) is 12.1 Å². The second-order valence-electron chi connectivity index (χ2n) is 8.56. The third-order valence-corrected chi connectivity index (χ3v) is 7.53. The third kappa shape index (κ3) is 4.96. The second-order valence-corrected chi connectivity index (χ2v) is 10.5. The van der Waals surface area contributed by atoms with Gasteiger partial charge in [0.15, 0.2) is 0 Å². The molecule has 1 amide bonds. The van der Waals surface area contributed by atoms with Crippen LogP contribution in [0.15, 0.2) is 30.3 Å². The number of sulfonamides is 1. The summed E-state index contributed by atoms with van der Waals surface area (Å²) in [6.45, 7) is 3.54. The lowest BCUT2D eigenvalue weighted by molar-refractivity contribution is -0.119. The predicted molar refractivity (Wildman–Crippen MR) is 121 cm³/mol. The van der Waals surface area contributed by atoms with Crippen LogP contribution in [0.1, 0.15) is 54.2 Å². The van der Waals surface area contributed by atoms with Crippen molar-refractivity contribution in [2.75, 3.05) is 30.8 Å². The predicted octanol–water partition coefficient (Wildman–Crippen LogP) is 2.84. The summed E-state index contributed by atoms with van der Waals surface area (Å²) in [7, 11) is -3.24. The minimum Gasteiger partial charge on any atom is -0.296 e. The summed E-state index contributed by atoms with van der Waals surface area (Å²) < 4.78 is 25.6. The zero-order valence-electron chi connectivity index (χ0n) is 18.2. The van der Waals surface area contributed by atoms with Crippen LogP contribution in [0.3, 0.4) is 0 Å². The maximum absolute atomic E-state index is 12.8. The van der Waals surface area contributed by atoms with Gasteiger partial charge < -0.3 is 0 Å². The first-order chi connectivity index (χ1) is 14.8. The van der Waals surface area contributed by atoms with Crippen molar-refractivity contribution in [2.45, 2.75) is 51.4 Å². The normalized spacial score (nSPS) is 20.0. The standard InChI is InChI=1S/C23H30N4O3S/c1-17-20-12-13-21(28)27(15-6-10-18-8-4-3-5-9-18)23(20)25-22(24-17)19-11-7-14-26(16-19)31(2,29)30/h3-5,8-9,19H,6-7,10-16H2,1-2H3. The highest BCUT2D eigenvalue weighted by Crippen LogP contribution is 2.32. The van der Waals surface area contributed by atoms with Crippen molar-refractivity contribution < 1.29 is 13.2 Å². The first-order valence-electron chi connectivity index (χ1n) is 11.0. The van der Waals surface area contributed by atoms with E-state index < -0.39 is 10.0 Å². The van der Waals surface area contributed by atoms with Crippen molar-refractivity contribution in [3.63, 3.8) is 0 Å². The van der Waals surface area contributed by atoms with Crippen LogP contribution in [0.5, 0.6) is 0 Å². The molecular formula is C23H30N4O3S. The minimum absolute atomic E-state index is 0.0457. The van der Waals surface area contributed by atoms with Crippen LogP contribution in [0.25, 0.3) is 0 Å². The van der Waals surface area contributed by atoms with E-state index >= 15 is 0 Å². The molecule has 1 saturated heterocycles. The number of anilines is 1. The van der Waals surface area contributed by atoms with Gasteiger partial charge in [-0.05, 0) is 44.6 Å². The summed E-state index contributed by atoms with van der Waals surface area (Å²) in [5, 5.41) is 0. The molecule has 3 heterocycles. The van der Waals surface area contributed by atoms with E-state index in [1.807, 2.05) is 30.0 Å². The number of piperidine rings is 1. The molecule has 0 radical (unpaired) electrons. The Morgan fingerprint density at radius 1 is 1.13 bits per heavy atom. The number of benzene rings is 1. The topological polar surface area (TPSA) is 83.5 Å². The molecule has 4 rings (SSSR count). The third-order valence-electron chi connectivity index (χ3n) is 6.26. The average molecular weight is 443 g/mol. The smallest absolute Gasteiger partial charge is 0.228 e. The summed E-state index contributed by atoms with van der Waals surface area (Å²) in [5.41, 5.74) is 3.20. The van der Waals surface area contributed by atoms with Crippen molar-refractivity contribution in [1.29, 1.82) is 0 Å². The van der Waals surface area contributed by atoms with Crippen LogP contribution in [-0.2, 0) is 27.7 Å². The van der Waals surface area contributed by atoms with Crippen LogP contribution in [0.2, 0.25) is 0 Å². The molecule has 2 aliphatic heterocycles. The van der Waals surface area contributed by atoms with E-state index in [4.69, 9.17) is 9.97 Å². The molecule has 8 heteroatoms. The van der Waals surface area contributed by atoms with Gasteiger partial charge in [-0.2, -0.15) is 0 Å². The van der Waals surface area contributed by atoms with Gasteiger partial charge in [0.25, 0.3) is 0 Å². The van der Waals surface area contributed by atoms with E-state index in [0.29, 0.717) is 38.3 Å². The number of hydrogen-bond donors (Lipinski definition) is 0. The Morgan fingerprint density at radius 3 is 2.65 bits per heavy atom. The molecule has 2 aromatic rings. The minimum atomic E-state index is -3.24. The van der Waals surface area contributed by atoms with E-state index in [-0.39, 0.29) is 11.8 Å². The molecule has 7 nitrogen and oxygen atoms in total. The zero-order valence-corrected chi connectivity index (χ0v) is 19.1. The maximum atomic E-state index is 12.8. The number of nitrogens with zero attached hydrogens (tertiary/aromatic N) is 4. The van der Waals surface area contributed by atoms with Gasteiger partial charge >= 0.3 is 0 Å². The monoisotopic (exact) mass is 442 g/mol. The summed E-state index contributed by atoms with van der Waals surface area (Å²) in [5.74, 6) is 1.44. The van der Waals surface area contributed by atoms with Gasteiger partial charge in [-0.3, -0.25) is 9.69 Å². The van der Waals surface area contributed by atoms with Gasteiger partial charge in [0, 0.05) is 43.2 Å². The Hall–Kier alpha value is -2.32. The molecule has 1 fully saturated rings. The van der Waals surface area contributed by atoms with Crippen LogP contribution in [0, 0.1) is 6.92 Å². The summed E-state index contributed by atoms with van der Waals surface area (Å²) in [4.78, 5) is 24.2. The maximum Gasteiger partial charge on any atom is 0.228 e. The van der Waals surface area contributed by atoms with Crippen molar-refractivity contribution in [3.8, 4) is 0 Å². The molecule has 166 valence electrons. The molecule has 1 aromatic heterocycles. The molecular weight excluding hydrogens is 412 g/mol. The molecule has 0 saturated carbocycles. The van der Waals surface area contributed by atoms with Crippen LogP contribution < -0.4 is 4.90 Å². The lowest BCUT2D eigenvalue weighted by atomic mass is 9.97. The van der Waals surface area contributed by atoms with Crippen LogP contribution in [-0.4, -0.2) is 54.5 Å². The van der Waals surface area contributed by atoms with E-state index in [0.717, 1.165) is 42.8 Å². The number of carbonyl (C=O) groups is 1. The van der Waals surface area contributed by atoms with E-state index in [1.54, 1.807) is 0 Å². The Labute approximate surface area is 184 Å². The van der Waals surface area contributed by atoms with E-state index in [1.165, 1.54) is 16.1 Å². The average Bonchev–Trinajstić information content (AvgIpc) is 2.75. The molecule has 0 bridgehead atoms. The van der Waals surface area contributed by atoms with Gasteiger partial charge in [0.05, 0.1) is 6.26 Å². The Morgan fingerprint density at radius 2 is 1.90 bits per heavy atom. The fourth-order valence-electron chi connectivity index (χ4n) is 4.56. The quantitative estimate of drug-likeness (QED) is 0.687. The number of carbonyl (C=O) groups excluding carboxylic acids is 1. The van der Waals surface area contributed by atoms with Gasteiger partial charge in [0.2, 0.25) is 15.9 Å². The second kappa shape index (κ2) is 9.04. The highest BCUT2D eigenvalue weighted by Gasteiger charge is 2.32. The van der Waals surface area contributed by atoms with Gasteiger partial charge in [-0.15, -0.1) is 0 Å². The molecule has 0 spiro atoms. The number of fused-ring (bicyclic) bond motifs is 1. The van der Waals surface area contributed by atoms with Gasteiger partial charge in [-0.1, -0.05) is 30.3 Å². The van der Waals surface area contributed by atoms with Crippen molar-refractivity contribution in [3.05, 3.63) is 53.0 Å². The van der Waals surface area contributed by atoms with Crippen molar-refractivity contribution in [2.24, 2.45) is 0 Å². The largest absolute Gasteiger partial charge is 0.296 e. The summed E-state index contributed by atoms with van der Waals surface area (Å²) in [6.07, 6.45) is 5.80. The van der Waals surface area contributed by atoms with Crippen LogP contribution in [0.4, 0.5) is 5.82 Å². The first-order valence-corrected chi connectivity index (χ1v) is 12.8. The molecule has 1 aromatic carbocycles. The number of hydrogen-bond acceptors (Lipinski definition) is 5. The lowest BCUT2D eigenvalue weighted by Gasteiger charge is -2.33. The zero-order chi connectivity index (χ0) is 22.0. The number of rotatable bonds is 6. The fourth-order valence-corrected chi connectivity index (χ4v) is 5.47. The van der Waals surface area contributed by atoms with Gasteiger partial charge in [-0.25, -0.2) is 22.7 Å². The molecule has 0 N–H and O–H groups in total. The summed E-state index contributed by atoms with van der Waals surface area (Å²) in [6, 6.07) is 10.3. The number of aromatic nitrogens is 2. The van der Waals surface area contributed by atoms with E-state index in [9.17, 15) is 13.2 Å². The highest BCUT2D eigenvalue weighted by molar-refractivity contribution is 7.88. The van der Waals surface area contributed by atoms with Crippen LogP contribution >= 0.6 is 0 Å². The Balaban J connectivity index is 1.56. The fraction of sp³-hybridized carbons (Fsp3) is 0.522. The SMILES string of the molecule is Cc1nc(C2CCCN(S(C)(=O)=O)C2)nc2c1CCC(=O)N2CCCc1ccccc1. The van der Waals surface area contributed by atoms with Crippen molar-refractivity contribution >= 4 is 21.7 Å². The molecule has 1 unspecified atom stereocenters. The molecule has 0 aliphatic carbocycles. The molecule has 31 heavy (non-hydrogen) atoms. The number of aryl methyl sites for hydroxylation is 2.